The van der Waals surface area contributed by atoms with E-state index in [0.717, 1.165) is 37.4 Å². The van der Waals surface area contributed by atoms with Crippen molar-refractivity contribution >= 4 is 17.2 Å². The molecule has 1 atom stereocenters. The standard InChI is InChI=1S/C20H26N2O3S/c1-4-8-21-19(23)13-22-9-7-14-11-16(24-2)17(25-3)12-15(14)20(22)18-6-5-10-26-18/h5-6,10-12,20H,4,7-9,13H2,1-3H3,(H,21,23). The molecule has 1 amide bonds. The Labute approximate surface area is 158 Å². The average molecular weight is 375 g/mol. The Hall–Kier alpha value is -2.05. The van der Waals surface area contributed by atoms with Crippen LogP contribution in [0.3, 0.4) is 0 Å². The van der Waals surface area contributed by atoms with E-state index in [4.69, 9.17) is 9.47 Å². The van der Waals surface area contributed by atoms with E-state index < -0.39 is 0 Å². The number of carbonyl (C=O) groups excluding carboxylic acids is 1. The van der Waals surface area contributed by atoms with Gasteiger partial charge in [0.25, 0.3) is 0 Å². The average Bonchev–Trinajstić information content (AvgIpc) is 3.19. The molecule has 1 aromatic heterocycles. The quantitative estimate of drug-likeness (QED) is 0.808. The van der Waals surface area contributed by atoms with E-state index in [1.807, 2.05) is 0 Å². The number of carbonyl (C=O) groups is 1. The van der Waals surface area contributed by atoms with Gasteiger partial charge in [-0.15, -0.1) is 11.3 Å². The molecule has 3 rings (SSSR count). The minimum Gasteiger partial charge on any atom is -0.493 e. The normalized spacial score (nSPS) is 16.8. The Morgan fingerprint density at radius 1 is 1.31 bits per heavy atom. The van der Waals surface area contributed by atoms with Gasteiger partial charge in [-0.1, -0.05) is 13.0 Å². The maximum absolute atomic E-state index is 12.3. The monoisotopic (exact) mass is 374 g/mol. The number of nitrogens with zero attached hydrogens (tertiary/aromatic N) is 1. The van der Waals surface area contributed by atoms with Crippen molar-refractivity contribution in [3.63, 3.8) is 0 Å². The van der Waals surface area contributed by atoms with Crippen molar-refractivity contribution in [3.8, 4) is 11.5 Å². The highest BCUT2D eigenvalue weighted by molar-refractivity contribution is 7.10. The van der Waals surface area contributed by atoms with E-state index in [2.05, 4.69) is 46.8 Å². The smallest absolute Gasteiger partial charge is 0.234 e. The molecule has 1 aliphatic rings. The number of hydrogen-bond donors (Lipinski definition) is 1. The zero-order valence-electron chi connectivity index (χ0n) is 15.6. The fraction of sp³-hybridized carbons (Fsp3) is 0.450. The summed E-state index contributed by atoms with van der Waals surface area (Å²) in [5.74, 6) is 1.56. The summed E-state index contributed by atoms with van der Waals surface area (Å²) in [6.07, 6.45) is 1.83. The van der Waals surface area contributed by atoms with Gasteiger partial charge in [0, 0.05) is 18.0 Å². The molecule has 0 saturated heterocycles. The first-order valence-corrected chi connectivity index (χ1v) is 9.84. The van der Waals surface area contributed by atoms with E-state index in [0.29, 0.717) is 6.54 Å². The zero-order chi connectivity index (χ0) is 18.5. The van der Waals surface area contributed by atoms with Crippen LogP contribution < -0.4 is 14.8 Å². The second-order valence-electron chi connectivity index (χ2n) is 6.39. The van der Waals surface area contributed by atoms with Crippen molar-refractivity contribution in [1.29, 1.82) is 0 Å². The van der Waals surface area contributed by atoms with Gasteiger partial charge >= 0.3 is 0 Å². The molecule has 26 heavy (non-hydrogen) atoms. The first-order valence-electron chi connectivity index (χ1n) is 8.96. The number of methoxy groups -OCH3 is 2. The number of nitrogens with one attached hydrogen (secondary N) is 1. The highest BCUT2D eigenvalue weighted by Gasteiger charge is 2.32. The highest BCUT2D eigenvalue weighted by atomic mass is 32.1. The van der Waals surface area contributed by atoms with Crippen LogP contribution in [-0.2, 0) is 11.2 Å². The predicted molar refractivity (Wildman–Crippen MR) is 104 cm³/mol. The van der Waals surface area contributed by atoms with E-state index >= 15 is 0 Å². The molecule has 0 spiro atoms. The number of benzene rings is 1. The van der Waals surface area contributed by atoms with Crippen molar-refractivity contribution in [2.75, 3.05) is 33.9 Å². The van der Waals surface area contributed by atoms with Crippen molar-refractivity contribution in [2.45, 2.75) is 25.8 Å². The third-order valence-electron chi connectivity index (χ3n) is 4.71. The highest BCUT2D eigenvalue weighted by Crippen LogP contribution is 2.41. The lowest BCUT2D eigenvalue weighted by molar-refractivity contribution is -0.122. The number of ether oxygens (including phenoxy) is 2. The number of thiophene rings is 1. The Kier molecular flexibility index (Phi) is 6.16. The van der Waals surface area contributed by atoms with Crippen molar-refractivity contribution in [1.82, 2.24) is 10.2 Å². The lowest BCUT2D eigenvalue weighted by atomic mass is 9.91. The van der Waals surface area contributed by atoms with Gasteiger partial charge in [0.05, 0.1) is 26.8 Å². The largest absolute Gasteiger partial charge is 0.493 e. The van der Waals surface area contributed by atoms with Gasteiger partial charge in [-0.2, -0.15) is 0 Å². The first kappa shape index (κ1) is 18.7. The lowest BCUT2D eigenvalue weighted by Crippen LogP contribution is -2.43. The molecule has 5 nitrogen and oxygen atoms in total. The van der Waals surface area contributed by atoms with Gasteiger partial charge in [-0.05, 0) is 47.5 Å². The van der Waals surface area contributed by atoms with Crippen LogP contribution in [0.1, 0.15) is 35.4 Å². The number of rotatable bonds is 7. The molecule has 1 unspecified atom stereocenters. The summed E-state index contributed by atoms with van der Waals surface area (Å²) in [6, 6.07) is 8.39. The third-order valence-corrected chi connectivity index (χ3v) is 5.63. The van der Waals surface area contributed by atoms with Crippen LogP contribution in [0, 0.1) is 0 Å². The summed E-state index contributed by atoms with van der Waals surface area (Å²) >= 11 is 1.72. The van der Waals surface area contributed by atoms with E-state index in [9.17, 15) is 4.79 Å². The van der Waals surface area contributed by atoms with Gasteiger partial charge in [-0.3, -0.25) is 9.69 Å². The van der Waals surface area contributed by atoms with E-state index in [-0.39, 0.29) is 11.9 Å². The molecule has 0 saturated carbocycles. The Morgan fingerprint density at radius 2 is 2.08 bits per heavy atom. The van der Waals surface area contributed by atoms with Gasteiger partial charge in [-0.25, -0.2) is 0 Å². The topological polar surface area (TPSA) is 50.8 Å². The summed E-state index contributed by atoms with van der Waals surface area (Å²) in [7, 11) is 3.32. The maximum Gasteiger partial charge on any atom is 0.234 e. The summed E-state index contributed by atoms with van der Waals surface area (Å²) < 4.78 is 11.0. The third kappa shape index (κ3) is 3.86. The lowest BCUT2D eigenvalue weighted by Gasteiger charge is -2.37. The van der Waals surface area contributed by atoms with Crippen LogP contribution in [0.4, 0.5) is 0 Å². The fourth-order valence-electron chi connectivity index (χ4n) is 3.45. The maximum atomic E-state index is 12.3. The second kappa shape index (κ2) is 8.56. The van der Waals surface area contributed by atoms with Crippen molar-refractivity contribution < 1.29 is 14.3 Å². The van der Waals surface area contributed by atoms with Crippen LogP contribution in [0.5, 0.6) is 11.5 Å². The Bertz CT molecular complexity index is 746. The van der Waals surface area contributed by atoms with Crippen LogP contribution in [0.25, 0.3) is 0 Å². The minimum absolute atomic E-state index is 0.0610. The van der Waals surface area contributed by atoms with Crippen LogP contribution in [0.2, 0.25) is 0 Å². The Morgan fingerprint density at radius 3 is 2.73 bits per heavy atom. The molecular formula is C20H26N2O3S. The SMILES string of the molecule is CCCNC(=O)CN1CCc2cc(OC)c(OC)cc2C1c1cccs1. The fourth-order valence-corrected chi connectivity index (χ4v) is 4.33. The Balaban J connectivity index is 1.96. The zero-order valence-corrected chi connectivity index (χ0v) is 16.4. The molecule has 0 aliphatic carbocycles. The summed E-state index contributed by atoms with van der Waals surface area (Å²) in [6.45, 7) is 4.02. The van der Waals surface area contributed by atoms with Crippen molar-refractivity contribution in [2.24, 2.45) is 0 Å². The molecular weight excluding hydrogens is 348 g/mol. The van der Waals surface area contributed by atoms with Crippen molar-refractivity contribution in [3.05, 3.63) is 45.6 Å². The number of amides is 1. The second-order valence-corrected chi connectivity index (χ2v) is 7.37. The number of fused-ring (bicyclic) bond motifs is 1. The summed E-state index contributed by atoms with van der Waals surface area (Å²) in [5.41, 5.74) is 2.45. The number of hydrogen-bond acceptors (Lipinski definition) is 5. The van der Waals surface area contributed by atoms with E-state index in [1.165, 1.54) is 16.0 Å². The molecule has 140 valence electrons. The molecule has 0 bridgehead atoms. The molecule has 2 heterocycles. The van der Waals surface area contributed by atoms with Gasteiger partial charge in [0.15, 0.2) is 11.5 Å². The van der Waals surface area contributed by atoms with Crippen LogP contribution >= 0.6 is 11.3 Å². The van der Waals surface area contributed by atoms with Gasteiger partial charge in [0.2, 0.25) is 5.91 Å². The molecule has 0 radical (unpaired) electrons. The van der Waals surface area contributed by atoms with E-state index in [1.54, 1.807) is 25.6 Å². The molecule has 0 fully saturated rings. The molecule has 1 aliphatic heterocycles. The molecule has 1 aromatic carbocycles. The summed E-state index contributed by atoms with van der Waals surface area (Å²) in [4.78, 5) is 15.8. The summed E-state index contributed by atoms with van der Waals surface area (Å²) in [5, 5.41) is 5.07. The van der Waals surface area contributed by atoms with Crippen LogP contribution in [-0.4, -0.2) is 44.7 Å². The minimum atomic E-state index is 0.0610. The molecule has 1 N–H and O–H groups in total. The van der Waals surface area contributed by atoms with Gasteiger partial charge < -0.3 is 14.8 Å². The predicted octanol–water partition coefficient (Wildman–Crippen LogP) is 3.24. The van der Waals surface area contributed by atoms with Gasteiger partial charge in [0.1, 0.15) is 0 Å². The molecule has 2 aromatic rings. The van der Waals surface area contributed by atoms with Crippen LogP contribution in [0.15, 0.2) is 29.6 Å². The molecule has 6 heteroatoms. The first-order chi connectivity index (χ1) is 12.7.